The number of hydrogen-bond acceptors (Lipinski definition) is 3. The molecule has 4 nitrogen and oxygen atoms in total. The standard InChI is InChI=1S/C19H27N3O/c1-12-17(13(2)21-20-12)11-19(23)22(15-8-9-15)18-10-7-14-5-3-4-6-16(14)18/h3-6,12-13,15,17-18,20-21H,7-11H2,1-2H3. The molecule has 3 aliphatic rings. The van der Waals surface area contributed by atoms with Gasteiger partial charge in [-0.25, -0.2) is 0 Å². The summed E-state index contributed by atoms with van der Waals surface area (Å²) in [6.07, 6.45) is 5.20. The van der Waals surface area contributed by atoms with Gasteiger partial charge in [-0.2, -0.15) is 0 Å². The maximum atomic E-state index is 13.1. The van der Waals surface area contributed by atoms with E-state index < -0.39 is 0 Å². The summed E-state index contributed by atoms with van der Waals surface area (Å²) in [7, 11) is 0. The number of hydrazine groups is 1. The molecule has 3 unspecified atom stereocenters. The van der Waals surface area contributed by atoms with Gasteiger partial charge >= 0.3 is 0 Å². The predicted octanol–water partition coefficient (Wildman–Crippen LogP) is 2.56. The monoisotopic (exact) mass is 313 g/mol. The molecule has 1 heterocycles. The number of fused-ring (bicyclic) bond motifs is 1. The summed E-state index contributed by atoms with van der Waals surface area (Å²) >= 11 is 0. The van der Waals surface area contributed by atoms with Crippen molar-refractivity contribution in [3.8, 4) is 0 Å². The third-order valence-electron chi connectivity index (χ3n) is 5.90. The van der Waals surface area contributed by atoms with Gasteiger partial charge in [0.1, 0.15) is 0 Å². The molecule has 2 fully saturated rings. The number of nitrogens with one attached hydrogen (secondary N) is 2. The molecule has 4 rings (SSSR count). The predicted molar refractivity (Wildman–Crippen MR) is 90.7 cm³/mol. The van der Waals surface area contributed by atoms with E-state index in [0.29, 0.717) is 42.4 Å². The van der Waals surface area contributed by atoms with Crippen LogP contribution in [0.5, 0.6) is 0 Å². The Kier molecular flexibility index (Phi) is 3.90. The molecule has 0 spiro atoms. The fraction of sp³-hybridized carbons (Fsp3) is 0.632. The second kappa shape index (κ2) is 5.91. The first-order valence-corrected chi connectivity index (χ1v) is 9.05. The topological polar surface area (TPSA) is 44.4 Å². The normalized spacial score (nSPS) is 32.8. The molecule has 1 amide bonds. The van der Waals surface area contributed by atoms with Crippen molar-refractivity contribution in [2.45, 2.75) is 70.1 Å². The highest BCUT2D eigenvalue weighted by molar-refractivity contribution is 5.78. The Morgan fingerprint density at radius 1 is 1.13 bits per heavy atom. The van der Waals surface area contributed by atoms with E-state index in [1.54, 1.807) is 0 Å². The SMILES string of the molecule is CC1NNC(C)C1CC(=O)N(C1CC1)C1CCc2ccccc21. The van der Waals surface area contributed by atoms with Gasteiger partial charge in [0.15, 0.2) is 0 Å². The Bertz CT molecular complexity index is 588. The summed E-state index contributed by atoms with van der Waals surface area (Å²) in [4.78, 5) is 15.4. The average Bonchev–Trinajstić information content (AvgIpc) is 3.22. The Hall–Kier alpha value is -1.39. The van der Waals surface area contributed by atoms with Crippen LogP contribution in [0.1, 0.15) is 56.7 Å². The van der Waals surface area contributed by atoms with E-state index in [0.717, 1.165) is 12.8 Å². The third kappa shape index (κ3) is 2.79. The number of aryl methyl sites for hydroxylation is 1. The van der Waals surface area contributed by atoms with Crippen molar-refractivity contribution in [1.82, 2.24) is 15.8 Å². The molecular weight excluding hydrogens is 286 g/mol. The zero-order chi connectivity index (χ0) is 16.0. The van der Waals surface area contributed by atoms with E-state index in [4.69, 9.17) is 0 Å². The fourth-order valence-corrected chi connectivity index (χ4v) is 4.38. The van der Waals surface area contributed by atoms with Gasteiger partial charge in [0.2, 0.25) is 5.91 Å². The van der Waals surface area contributed by atoms with E-state index in [-0.39, 0.29) is 0 Å². The van der Waals surface area contributed by atoms with Crippen LogP contribution < -0.4 is 10.9 Å². The number of amides is 1. The highest BCUT2D eigenvalue weighted by Gasteiger charge is 2.42. The number of rotatable bonds is 4. The Labute approximate surface area is 138 Å². The van der Waals surface area contributed by atoms with E-state index in [1.807, 2.05) is 0 Å². The van der Waals surface area contributed by atoms with Crippen LogP contribution in [0.2, 0.25) is 0 Å². The van der Waals surface area contributed by atoms with Crippen LogP contribution in [0.25, 0.3) is 0 Å². The van der Waals surface area contributed by atoms with Gasteiger partial charge in [-0.3, -0.25) is 15.6 Å². The molecule has 1 saturated carbocycles. The minimum atomic E-state index is 0.305. The number of hydrogen-bond donors (Lipinski definition) is 2. The molecule has 2 N–H and O–H groups in total. The smallest absolute Gasteiger partial charge is 0.223 e. The van der Waals surface area contributed by atoms with Gasteiger partial charge in [0.05, 0.1) is 6.04 Å². The Balaban J connectivity index is 1.54. The molecule has 2 aliphatic carbocycles. The highest BCUT2D eigenvalue weighted by atomic mass is 16.2. The van der Waals surface area contributed by atoms with Crippen molar-refractivity contribution in [1.29, 1.82) is 0 Å². The summed E-state index contributed by atoms with van der Waals surface area (Å²) in [5.41, 5.74) is 9.36. The van der Waals surface area contributed by atoms with Gasteiger partial charge in [-0.1, -0.05) is 24.3 Å². The largest absolute Gasteiger partial charge is 0.333 e. The summed E-state index contributed by atoms with van der Waals surface area (Å²) in [6, 6.07) is 10.2. The number of nitrogens with zero attached hydrogens (tertiary/aromatic N) is 1. The van der Waals surface area contributed by atoms with Crippen LogP contribution in [0, 0.1) is 5.92 Å². The van der Waals surface area contributed by atoms with Gasteiger partial charge in [0, 0.05) is 30.5 Å². The lowest BCUT2D eigenvalue weighted by Crippen LogP contribution is -2.39. The minimum absolute atomic E-state index is 0.305. The molecule has 0 radical (unpaired) electrons. The zero-order valence-corrected chi connectivity index (χ0v) is 14.1. The molecule has 0 aromatic heterocycles. The quantitative estimate of drug-likeness (QED) is 0.898. The number of carbonyl (C=O) groups excluding carboxylic acids is 1. The highest BCUT2D eigenvalue weighted by Crippen LogP contribution is 2.42. The zero-order valence-electron chi connectivity index (χ0n) is 14.1. The first kappa shape index (κ1) is 15.2. The van der Waals surface area contributed by atoms with Crippen LogP contribution in [0.4, 0.5) is 0 Å². The maximum Gasteiger partial charge on any atom is 0.223 e. The lowest BCUT2D eigenvalue weighted by Gasteiger charge is -2.32. The van der Waals surface area contributed by atoms with Crippen molar-refractivity contribution < 1.29 is 4.79 Å². The first-order valence-electron chi connectivity index (χ1n) is 9.05. The van der Waals surface area contributed by atoms with Crippen molar-refractivity contribution in [3.63, 3.8) is 0 Å². The van der Waals surface area contributed by atoms with Crippen molar-refractivity contribution >= 4 is 5.91 Å². The van der Waals surface area contributed by atoms with Crippen molar-refractivity contribution in [2.75, 3.05) is 0 Å². The van der Waals surface area contributed by atoms with Gasteiger partial charge in [0.25, 0.3) is 0 Å². The van der Waals surface area contributed by atoms with Gasteiger partial charge in [-0.15, -0.1) is 0 Å². The second-order valence-electron chi connectivity index (χ2n) is 7.52. The van der Waals surface area contributed by atoms with E-state index in [1.165, 1.54) is 24.0 Å². The minimum Gasteiger partial charge on any atom is -0.333 e. The number of benzene rings is 1. The molecule has 3 atom stereocenters. The second-order valence-corrected chi connectivity index (χ2v) is 7.52. The Morgan fingerprint density at radius 2 is 1.83 bits per heavy atom. The summed E-state index contributed by atoms with van der Waals surface area (Å²) < 4.78 is 0. The van der Waals surface area contributed by atoms with Crippen molar-refractivity contribution in [2.24, 2.45) is 5.92 Å². The van der Waals surface area contributed by atoms with Gasteiger partial charge < -0.3 is 4.90 Å². The van der Waals surface area contributed by atoms with Crippen LogP contribution >= 0.6 is 0 Å². The summed E-state index contributed by atoms with van der Waals surface area (Å²) in [5.74, 6) is 0.726. The lowest BCUT2D eigenvalue weighted by atomic mass is 9.92. The summed E-state index contributed by atoms with van der Waals surface area (Å²) in [6.45, 7) is 4.33. The molecule has 23 heavy (non-hydrogen) atoms. The van der Waals surface area contributed by atoms with Crippen LogP contribution in [-0.4, -0.2) is 28.9 Å². The summed E-state index contributed by atoms with van der Waals surface area (Å²) in [5, 5.41) is 0. The molecule has 1 aromatic rings. The molecular formula is C19H27N3O. The number of carbonyl (C=O) groups is 1. The van der Waals surface area contributed by atoms with E-state index >= 15 is 0 Å². The van der Waals surface area contributed by atoms with Crippen LogP contribution in [0.15, 0.2) is 24.3 Å². The lowest BCUT2D eigenvalue weighted by molar-refractivity contribution is -0.135. The molecule has 0 bridgehead atoms. The fourth-order valence-electron chi connectivity index (χ4n) is 4.38. The molecule has 124 valence electrons. The van der Waals surface area contributed by atoms with E-state index in [2.05, 4.69) is 53.9 Å². The van der Waals surface area contributed by atoms with E-state index in [9.17, 15) is 4.79 Å². The van der Waals surface area contributed by atoms with Crippen LogP contribution in [-0.2, 0) is 11.2 Å². The third-order valence-corrected chi connectivity index (χ3v) is 5.90. The molecule has 1 saturated heterocycles. The van der Waals surface area contributed by atoms with Crippen molar-refractivity contribution in [3.05, 3.63) is 35.4 Å². The van der Waals surface area contributed by atoms with Crippen LogP contribution in [0.3, 0.4) is 0 Å². The molecule has 4 heteroatoms. The maximum absolute atomic E-state index is 13.1. The first-order chi connectivity index (χ1) is 11.1. The molecule has 1 aliphatic heterocycles. The Morgan fingerprint density at radius 3 is 2.52 bits per heavy atom. The average molecular weight is 313 g/mol. The molecule has 1 aromatic carbocycles. The van der Waals surface area contributed by atoms with Gasteiger partial charge in [-0.05, 0) is 50.7 Å².